The Balaban J connectivity index is 2.62. The molecule has 0 bridgehead atoms. The Bertz CT molecular complexity index is 353. The third-order valence-electron chi connectivity index (χ3n) is 2.44. The lowest BCUT2D eigenvalue weighted by molar-refractivity contribution is -0.119. The summed E-state index contributed by atoms with van der Waals surface area (Å²) >= 11 is 0. The Kier molecular flexibility index (Phi) is 4.95. The molecule has 1 unspecified atom stereocenters. The van der Waals surface area contributed by atoms with E-state index in [2.05, 4.69) is 5.32 Å². The van der Waals surface area contributed by atoms with Gasteiger partial charge in [-0.25, -0.2) is 0 Å². The highest BCUT2D eigenvalue weighted by Crippen LogP contribution is 2.09. The predicted molar refractivity (Wildman–Crippen MR) is 62.7 cm³/mol. The van der Waals surface area contributed by atoms with E-state index in [1.54, 1.807) is 14.0 Å². The Morgan fingerprint density at radius 3 is 2.62 bits per heavy atom. The fourth-order valence-electron chi connectivity index (χ4n) is 1.39. The van der Waals surface area contributed by atoms with Crippen LogP contribution in [0.4, 0.5) is 0 Å². The minimum atomic E-state index is -0.343. The van der Waals surface area contributed by atoms with Crippen LogP contribution < -0.4 is 11.1 Å². The molecule has 3 N–H and O–H groups in total. The van der Waals surface area contributed by atoms with Gasteiger partial charge in [-0.1, -0.05) is 24.3 Å². The normalized spacial score (nSPS) is 12.4. The number of ether oxygens (including phenoxy) is 1. The molecule has 0 fully saturated rings. The molecule has 0 radical (unpaired) electrons. The molecule has 1 aromatic rings. The molecule has 1 rings (SSSR count). The average molecular weight is 222 g/mol. The number of benzene rings is 1. The van der Waals surface area contributed by atoms with Gasteiger partial charge in [0.1, 0.15) is 0 Å². The number of carbonyl (C=O) groups excluding carboxylic acids is 1. The van der Waals surface area contributed by atoms with Crippen molar-refractivity contribution < 1.29 is 9.53 Å². The van der Waals surface area contributed by atoms with Crippen LogP contribution >= 0.6 is 0 Å². The van der Waals surface area contributed by atoms with E-state index in [-0.39, 0.29) is 11.9 Å². The zero-order valence-corrected chi connectivity index (χ0v) is 9.69. The summed E-state index contributed by atoms with van der Waals surface area (Å²) in [5.74, 6) is -0.343. The van der Waals surface area contributed by atoms with Gasteiger partial charge in [0, 0.05) is 13.7 Å². The molecule has 0 aliphatic heterocycles. The largest absolute Gasteiger partial charge is 0.380 e. The Labute approximate surface area is 95.8 Å². The maximum atomic E-state index is 10.9. The van der Waals surface area contributed by atoms with Gasteiger partial charge >= 0.3 is 0 Å². The number of carbonyl (C=O) groups is 1. The SMILES string of the molecule is COCc1ccccc1CNC(C)C(N)=O. The van der Waals surface area contributed by atoms with Crippen LogP contribution in [0.25, 0.3) is 0 Å². The number of nitrogens with two attached hydrogens (primary N) is 1. The van der Waals surface area contributed by atoms with E-state index in [0.717, 1.165) is 11.1 Å². The molecule has 0 spiro atoms. The third kappa shape index (κ3) is 3.64. The summed E-state index contributed by atoms with van der Waals surface area (Å²) < 4.78 is 5.10. The van der Waals surface area contributed by atoms with Crippen molar-refractivity contribution in [1.82, 2.24) is 5.32 Å². The van der Waals surface area contributed by atoms with Crippen molar-refractivity contribution in [3.05, 3.63) is 35.4 Å². The summed E-state index contributed by atoms with van der Waals surface area (Å²) in [6.45, 7) is 2.94. The fourth-order valence-corrected chi connectivity index (χ4v) is 1.39. The van der Waals surface area contributed by atoms with Gasteiger partial charge < -0.3 is 15.8 Å². The van der Waals surface area contributed by atoms with E-state index in [1.165, 1.54) is 0 Å². The third-order valence-corrected chi connectivity index (χ3v) is 2.44. The molecule has 0 saturated carbocycles. The standard InChI is InChI=1S/C12H18N2O2/c1-9(12(13)15)14-7-10-5-3-4-6-11(10)8-16-2/h3-6,9,14H,7-8H2,1-2H3,(H2,13,15). The summed E-state index contributed by atoms with van der Waals surface area (Å²) in [5, 5.41) is 3.07. The fraction of sp³-hybridized carbons (Fsp3) is 0.417. The molecule has 88 valence electrons. The zero-order chi connectivity index (χ0) is 12.0. The van der Waals surface area contributed by atoms with Gasteiger partial charge in [0.25, 0.3) is 0 Å². The van der Waals surface area contributed by atoms with Crippen LogP contribution in [-0.4, -0.2) is 19.1 Å². The van der Waals surface area contributed by atoms with Crippen molar-refractivity contribution in [2.45, 2.75) is 26.1 Å². The summed E-state index contributed by atoms with van der Waals surface area (Å²) in [4.78, 5) is 10.9. The van der Waals surface area contributed by atoms with Gasteiger partial charge in [-0.2, -0.15) is 0 Å². The molecule has 4 nitrogen and oxygen atoms in total. The van der Waals surface area contributed by atoms with E-state index < -0.39 is 0 Å². The summed E-state index contributed by atoms with van der Waals surface area (Å²) in [7, 11) is 1.66. The summed E-state index contributed by atoms with van der Waals surface area (Å²) in [6.07, 6.45) is 0. The molecule has 0 saturated heterocycles. The molecular formula is C12H18N2O2. The smallest absolute Gasteiger partial charge is 0.234 e. The van der Waals surface area contributed by atoms with Crippen LogP contribution in [0.5, 0.6) is 0 Å². The van der Waals surface area contributed by atoms with Crippen LogP contribution in [0.2, 0.25) is 0 Å². The number of hydrogen-bond acceptors (Lipinski definition) is 3. The van der Waals surface area contributed by atoms with Crippen LogP contribution in [0.3, 0.4) is 0 Å². The monoisotopic (exact) mass is 222 g/mol. The lowest BCUT2D eigenvalue weighted by Gasteiger charge is -2.12. The van der Waals surface area contributed by atoms with E-state index in [9.17, 15) is 4.79 Å². The van der Waals surface area contributed by atoms with Crippen LogP contribution in [0.15, 0.2) is 24.3 Å². The number of primary amides is 1. The van der Waals surface area contributed by atoms with Gasteiger partial charge in [0.05, 0.1) is 12.6 Å². The molecule has 0 aliphatic rings. The van der Waals surface area contributed by atoms with Crippen LogP contribution in [-0.2, 0) is 22.7 Å². The van der Waals surface area contributed by atoms with Crippen LogP contribution in [0, 0.1) is 0 Å². The van der Waals surface area contributed by atoms with E-state index in [0.29, 0.717) is 13.2 Å². The van der Waals surface area contributed by atoms with Gasteiger partial charge in [-0.05, 0) is 18.1 Å². The van der Waals surface area contributed by atoms with Gasteiger partial charge in [0.2, 0.25) is 5.91 Å². The number of nitrogens with one attached hydrogen (secondary N) is 1. The molecule has 0 aliphatic carbocycles. The lowest BCUT2D eigenvalue weighted by Crippen LogP contribution is -2.38. The molecular weight excluding hydrogens is 204 g/mol. The first-order chi connectivity index (χ1) is 7.65. The number of methoxy groups -OCH3 is 1. The highest BCUT2D eigenvalue weighted by atomic mass is 16.5. The van der Waals surface area contributed by atoms with Crippen molar-refractivity contribution >= 4 is 5.91 Å². The number of rotatable bonds is 6. The second kappa shape index (κ2) is 6.25. The average Bonchev–Trinajstić information content (AvgIpc) is 2.27. The molecule has 1 amide bonds. The van der Waals surface area contributed by atoms with Gasteiger partial charge in [-0.15, -0.1) is 0 Å². The minimum Gasteiger partial charge on any atom is -0.380 e. The Hall–Kier alpha value is -1.39. The van der Waals surface area contributed by atoms with Crippen LogP contribution in [0.1, 0.15) is 18.1 Å². The molecule has 0 aromatic heterocycles. The molecule has 1 aromatic carbocycles. The molecule has 4 heteroatoms. The van der Waals surface area contributed by atoms with Crippen molar-refractivity contribution in [2.24, 2.45) is 5.73 Å². The first-order valence-electron chi connectivity index (χ1n) is 5.23. The first kappa shape index (κ1) is 12.7. The van der Waals surface area contributed by atoms with Gasteiger partial charge in [-0.3, -0.25) is 4.79 Å². The Morgan fingerprint density at radius 1 is 1.44 bits per heavy atom. The molecule has 0 heterocycles. The highest BCUT2D eigenvalue weighted by molar-refractivity contribution is 5.79. The maximum absolute atomic E-state index is 10.9. The second-order valence-electron chi connectivity index (χ2n) is 3.71. The van der Waals surface area contributed by atoms with E-state index in [4.69, 9.17) is 10.5 Å². The molecule has 16 heavy (non-hydrogen) atoms. The second-order valence-corrected chi connectivity index (χ2v) is 3.71. The summed E-state index contributed by atoms with van der Waals surface area (Å²) in [5.41, 5.74) is 7.41. The van der Waals surface area contributed by atoms with E-state index in [1.807, 2.05) is 24.3 Å². The number of amides is 1. The highest BCUT2D eigenvalue weighted by Gasteiger charge is 2.08. The maximum Gasteiger partial charge on any atom is 0.234 e. The van der Waals surface area contributed by atoms with Gasteiger partial charge in [0.15, 0.2) is 0 Å². The first-order valence-corrected chi connectivity index (χ1v) is 5.23. The zero-order valence-electron chi connectivity index (χ0n) is 9.69. The lowest BCUT2D eigenvalue weighted by atomic mass is 10.1. The van der Waals surface area contributed by atoms with E-state index >= 15 is 0 Å². The minimum absolute atomic E-state index is 0.324. The number of hydrogen-bond donors (Lipinski definition) is 2. The predicted octanol–water partition coefficient (Wildman–Crippen LogP) is 0.796. The quantitative estimate of drug-likeness (QED) is 0.748. The summed E-state index contributed by atoms with van der Waals surface area (Å²) in [6, 6.07) is 7.63. The molecule has 1 atom stereocenters. The van der Waals surface area contributed by atoms with Crippen molar-refractivity contribution in [3.8, 4) is 0 Å². The Morgan fingerprint density at radius 2 is 2.06 bits per heavy atom. The van der Waals surface area contributed by atoms with Crippen molar-refractivity contribution in [3.63, 3.8) is 0 Å². The van der Waals surface area contributed by atoms with Crippen molar-refractivity contribution in [2.75, 3.05) is 7.11 Å². The van der Waals surface area contributed by atoms with Crippen molar-refractivity contribution in [1.29, 1.82) is 0 Å². The topological polar surface area (TPSA) is 64.3 Å².